The van der Waals surface area contributed by atoms with Crippen molar-refractivity contribution in [1.29, 1.82) is 0 Å². The highest BCUT2D eigenvalue weighted by molar-refractivity contribution is 8.03. The summed E-state index contributed by atoms with van der Waals surface area (Å²) < 4.78 is 25.6. The van der Waals surface area contributed by atoms with Gasteiger partial charge in [-0.1, -0.05) is 65.7 Å². The van der Waals surface area contributed by atoms with Crippen LogP contribution in [0.3, 0.4) is 0 Å². The lowest BCUT2D eigenvalue weighted by Gasteiger charge is -2.22. The van der Waals surface area contributed by atoms with Gasteiger partial charge in [-0.25, -0.2) is 0 Å². The Morgan fingerprint density at radius 3 is 1.48 bits per heavy atom. The van der Waals surface area contributed by atoms with Crippen molar-refractivity contribution >= 4 is 21.6 Å². The van der Waals surface area contributed by atoms with Crippen LogP contribution in [0, 0.1) is 13.8 Å². The summed E-state index contributed by atoms with van der Waals surface area (Å²) in [7, 11) is -3.29. The predicted molar refractivity (Wildman–Crippen MR) is 110 cm³/mol. The second-order valence-corrected chi connectivity index (χ2v) is 9.89. The number of benzene rings is 3. The molecule has 27 heavy (non-hydrogen) atoms. The molecule has 0 saturated heterocycles. The van der Waals surface area contributed by atoms with Crippen molar-refractivity contribution in [3.05, 3.63) is 95.6 Å². The lowest BCUT2D eigenvalue weighted by Crippen LogP contribution is -2.29. The topological polar surface area (TPSA) is 54.4 Å². The van der Waals surface area contributed by atoms with E-state index in [0.29, 0.717) is 15.4 Å². The zero-order valence-electron chi connectivity index (χ0n) is 15.2. The molecule has 0 aliphatic rings. The van der Waals surface area contributed by atoms with E-state index in [0.717, 1.165) is 11.1 Å². The maximum Gasteiger partial charge on any atom is 0.149 e. The van der Waals surface area contributed by atoms with Gasteiger partial charge in [-0.2, -0.15) is 0 Å². The Hall–Kier alpha value is -2.08. The van der Waals surface area contributed by atoms with Crippen molar-refractivity contribution in [3.8, 4) is 0 Å². The molecule has 0 unspecified atom stereocenters. The highest BCUT2D eigenvalue weighted by Crippen LogP contribution is 2.30. The maximum absolute atomic E-state index is 13.3. The fourth-order valence-corrected chi connectivity index (χ4v) is 6.16. The number of aryl methyl sites for hydroxylation is 2. The van der Waals surface area contributed by atoms with Gasteiger partial charge in [-0.05, 0) is 43.7 Å². The lowest BCUT2D eigenvalue weighted by molar-refractivity contribution is 0.193. The number of rotatable bonds is 6. The van der Waals surface area contributed by atoms with Crippen molar-refractivity contribution in [1.82, 2.24) is 0 Å². The van der Waals surface area contributed by atoms with Gasteiger partial charge in [0.25, 0.3) is 0 Å². The Bertz CT molecular complexity index is 878. The average Bonchev–Trinajstić information content (AvgIpc) is 2.69. The highest BCUT2D eigenvalue weighted by atomic mass is 32.2. The van der Waals surface area contributed by atoms with Gasteiger partial charge < -0.3 is 5.11 Å². The Morgan fingerprint density at radius 1 is 0.667 bits per heavy atom. The molecular formula is C22H22O3S2. The molecule has 0 amide bonds. The first-order valence-electron chi connectivity index (χ1n) is 8.65. The zero-order chi connectivity index (χ0) is 19.4. The van der Waals surface area contributed by atoms with E-state index >= 15 is 0 Å². The third-order valence-electron chi connectivity index (χ3n) is 4.33. The molecule has 3 nitrogen and oxygen atoms in total. The molecule has 0 heterocycles. The largest absolute Gasteiger partial charge is 0.386 e. The fourth-order valence-electron chi connectivity index (χ4n) is 2.73. The summed E-state index contributed by atoms with van der Waals surface area (Å²) in [5.74, 6) is 0. The summed E-state index contributed by atoms with van der Waals surface area (Å²) >= 11 is 0. The number of aliphatic hydroxyl groups excluding tert-OH is 1. The van der Waals surface area contributed by atoms with Gasteiger partial charge in [-0.15, -0.1) is 0 Å². The smallest absolute Gasteiger partial charge is 0.149 e. The van der Waals surface area contributed by atoms with Crippen molar-refractivity contribution in [3.63, 3.8) is 0 Å². The molecule has 0 aliphatic carbocycles. The van der Waals surface area contributed by atoms with Gasteiger partial charge in [0.05, 0.1) is 21.6 Å². The van der Waals surface area contributed by atoms with E-state index < -0.39 is 32.3 Å². The number of hydrogen-bond acceptors (Lipinski definition) is 3. The van der Waals surface area contributed by atoms with Crippen LogP contribution in [0.15, 0.2) is 88.7 Å². The Morgan fingerprint density at radius 2 is 1.07 bits per heavy atom. The van der Waals surface area contributed by atoms with Gasteiger partial charge in [0, 0.05) is 9.79 Å². The van der Waals surface area contributed by atoms with Crippen molar-refractivity contribution in [2.75, 3.05) is 0 Å². The minimum Gasteiger partial charge on any atom is -0.386 e. The summed E-state index contributed by atoms with van der Waals surface area (Å²) in [5, 5.41) is 11.0. The molecule has 0 spiro atoms. The molecule has 1 N–H and O–H groups in total. The van der Waals surface area contributed by atoms with Crippen LogP contribution in [0.1, 0.15) is 22.8 Å². The molecule has 0 aromatic heterocycles. The van der Waals surface area contributed by atoms with Gasteiger partial charge in [0.2, 0.25) is 0 Å². The molecule has 0 aliphatic heterocycles. The van der Waals surface area contributed by atoms with E-state index in [4.69, 9.17) is 0 Å². The van der Waals surface area contributed by atoms with Crippen molar-refractivity contribution in [2.45, 2.75) is 34.3 Å². The first-order valence-corrected chi connectivity index (χ1v) is 11.1. The van der Waals surface area contributed by atoms with Crippen LogP contribution in [0.5, 0.6) is 0 Å². The Kier molecular flexibility index (Phi) is 6.37. The fraction of sp³-hybridized carbons (Fsp3) is 0.182. The maximum atomic E-state index is 13.3. The second kappa shape index (κ2) is 8.74. The van der Waals surface area contributed by atoms with E-state index in [1.165, 1.54) is 0 Å². The second-order valence-electron chi connectivity index (χ2n) is 6.44. The van der Waals surface area contributed by atoms with Crippen molar-refractivity contribution in [2.24, 2.45) is 0 Å². The molecule has 0 saturated carbocycles. The predicted octanol–water partition coefficient (Wildman–Crippen LogP) is 4.28. The third kappa shape index (κ3) is 4.61. The standard InChI is InChI=1S/C22H22O3S2/c1-16-8-12-19(13-9-16)26(24)22(21(23)18-6-4-3-5-7-18)27(25)20-14-10-17(2)11-15-20/h3-15,21-23H,1-2H3/t21-,26+,27+/m1/s1. The first kappa shape index (κ1) is 19.7. The molecule has 3 aromatic carbocycles. The third-order valence-corrected chi connectivity index (χ3v) is 8.21. The molecule has 3 rings (SSSR count). The summed E-state index contributed by atoms with van der Waals surface area (Å²) in [6.07, 6.45) is -1.12. The number of hydrogen-bond donors (Lipinski definition) is 1. The Balaban J connectivity index is 2.02. The highest BCUT2D eigenvalue weighted by Gasteiger charge is 2.34. The molecule has 5 heteroatoms. The summed E-state index contributed by atoms with van der Waals surface area (Å²) in [4.78, 5) is 1.11. The molecule has 0 radical (unpaired) electrons. The van der Waals surface area contributed by atoms with E-state index in [2.05, 4.69) is 0 Å². The number of aliphatic hydroxyl groups is 1. The van der Waals surface area contributed by atoms with Gasteiger partial charge >= 0.3 is 0 Å². The zero-order valence-corrected chi connectivity index (χ0v) is 16.9. The van der Waals surface area contributed by atoms with Gasteiger partial charge in [-0.3, -0.25) is 8.42 Å². The van der Waals surface area contributed by atoms with E-state index in [-0.39, 0.29) is 0 Å². The minimum atomic E-state index is -1.65. The van der Waals surface area contributed by atoms with E-state index in [1.54, 1.807) is 48.5 Å². The molecule has 3 atom stereocenters. The first-order chi connectivity index (χ1) is 13.0. The van der Waals surface area contributed by atoms with Crippen LogP contribution in [0.4, 0.5) is 0 Å². The molecule has 140 valence electrons. The monoisotopic (exact) mass is 398 g/mol. The van der Waals surface area contributed by atoms with E-state index in [1.807, 2.05) is 44.2 Å². The van der Waals surface area contributed by atoms with Crippen LogP contribution in [-0.4, -0.2) is 18.1 Å². The molecule has 0 bridgehead atoms. The van der Waals surface area contributed by atoms with Crippen LogP contribution in [0.2, 0.25) is 0 Å². The average molecular weight is 399 g/mol. The van der Waals surface area contributed by atoms with Crippen molar-refractivity contribution < 1.29 is 13.5 Å². The van der Waals surface area contributed by atoms with Crippen LogP contribution < -0.4 is 0 Å². The molecular weight excluding hydrogens is 376 g/mol. The molecule has 0 fully saturated rings. The molecule has 3 aromatic rings. The summed E-state index contributed by atoms with van der Waals surface area (Å²) in [5.41, 5.74) is 2.70. The Labute approximate surface area is 165 Å². The summed E-state index contributed by atoms with van der Waals surface area (Å²) in [6, 6.07) is 23.5. The van der Waals surface area contributed by atoms with Crippen LogP contribution >= 0.6 is 0 Å². The normalized spacial score (nSPS) is 14.7. The minimum absolute atomic E-state index is 0.557. The SMILES string of the molecule is Cc1ccc([S@](=O)C([C@H](O)c2ccccc2)[S@@](=O)c2ccc(C)cc2)cc1. The van der Waals surface area contributed by atoms with Crippen LogP contribution in [0.25, 0.3) is 0 Å². The quantitative estimate of drug-likeness (QED) is 0.674. The lowest BCUT2D eigenvalue weighted by atomic mass is 10.1. The van der Waals surface area contributed by atoms with E-state index in [9.17, 15) is 13.5 Å². The van der Waals surface area contributed by atoms with Crippen LogP contribution in [-0.2, 0) is 21.6 Å². The van der Waals surface area contributed by atoms with Gasteiger partial charge in [0.1, 0.15) is 10.7 Å². The van der Waals surface area contributed by atoms with Gasteiger partial charge in [0.15, 0.2) is 0 Å². The summed E-state index contributed by atoms with van der Waals surface area (Å²) in [6.45, 7) is 3.90.